The SMILES string of the molecule is CN(C)CCn1nc2n(c1=O)CCC(NC(=O)c1cccn3ccnc13)CC2. The van der Waals surface area contributed by atoms with E-state index in [2.05, 4.69) is 15.4 Å². The van der Waals surface area contributed by atoms with Gasteiger partial charge < -0.3 is 14.6 Å². The van der Waals surface area contributed by atoms with Gasteiger partial charge in [-0.05, 0) is 39.1 Å². The fourth-order valence-electron chi connectivity index (χ4n) is 3.60. The minimum absolute atomic E-state index is 0.000886. The van der Waals surface area contributed by atoms with Crippen molar-refractivity contribution in [2.75, 3.05) is 20.6 Å². The fourth-order valence-corrected chi connectivity index (χ4v) is 3.60. The Kier molecular flexibility index (Phi) is 4.99. The lowest BCUT2D eigenvalue weighted by atomic mass is 10.1. The fraction of sp³-hybridized carbons (Fsp3) is 0.474. The summed E-state index contributed by atoms with van der Waals surface area (Å²) in [5, 5.41) is 7.61. The van der Waals surface area contributed by atoms with Gasteiger partial charge in [0.25, 0.3) is 5.91 Å². The number of amides is 1. The minimum atomic E-state index is -0.135. The lowest BCUT2D eigenvalue weighted by molar-refractivity contribution is 0.0934. The number of carbonyl (C=O) groups excluding carboxylic acids is 1. The number of pyridine rings is 1. The molecule has 0 spiro atoms. The van der Waals surface area contributed by atoms with E-state index in [0.29, 0.717) is 37.1 Å². The maximum atomic E-state index is 12.8. The van der Waals surface area contributed by atoms with Crippen LogP contribution in [0, 0.1) is 0 Å². The van der Waals surface area contributed by atoms with Gasteiger partial charge in [-0.25, -0.2) is 14.5 Å². The van der Waals surface area contributed by atoms with Crippen LogP contribution in [0.5, 0.6) is 0 Å². The van der Waals surface area contributed by atoms with Gasteiger partial charge in [0.15, 0.2) is 0 Å². The number of nitrogens with zero attached hydrogens (tertiary/aromatic N) is 6. The summed E-state index contributed by atoms with van der Waals surface area (Å²) in [6, 6.07) is 3.62. The van der Waals surface area contributed by atoms with Crippen molar-refractivity contribution < 1.29 is 4.79 Å². The summed E-state index contributed by atoms with van der Waals surface area (Å²) in [5.74, 6) is 0.667. The van der Waals surface area contributed by atoms with E-state index < -0.39 is 0 Å². The molecule has 9 heteroatoms. The molecule has 0 saturated heterocycles. The highest BCUT2D eigenvalue weighted by atomic mass is 16.2. The summed E-state index contributed by atoms with van der Waals surface area (Å²) in [7, 11) is 3.95. The molecule has 28 heavy (non-hydrogen) atoms. The Balaban J connectivity index is 1.44. The third-order valence-corrected chi connectivity index (χ3v) is 5.17. The second-order valence-corrected chi connectivity index (χ2v) is 7.45. The zero-order valence-corrected chi connectivity index (χ0v) is 16.2. The van der Waals surface area contributed by atoms with E-state index in [-0.39, 0.29) is 17.6 Å². The Labute approximate surface area is 162 Å². The summed E-state index contributed by atoms with van der Waals surface area (Å²) in [6.07, 6.45) is 7.49. The number of imidazole rings is 1. The van der Waals surface area contributed by atoms with Crippen LogP contribution >= 0.6 is 0 Å². The molecule has 4 rings (SSSR count). The first-order valence-corrected chi connectivity index (χ1v) is 9.56. The molecule has 1 aliphatic heterocycles. The topological polar surface area (TPSA) is 89.5 Å². The predicted molar refractivity (Wildman–Crippen MR) is 104 cm³/mol. The van der Waals surface area contributed by atoms with E-state index >= 15 is 0 Å². The third-order valence-electron chi connectivity index (χ3n) is 5.17. The van der Waals surface area contributed by atoms with Gasteiger partial charge in [-0.3, -0.25) is 9.36 Å². The molecule has 0 fully saturated rings. The first-order valence-electron chi connectivity index (χ1n) is 9.56. The highest BCUT2D eigenvalue weighted by Gasteiger charge is 2.23. The van der Waals surface area contributed by atoms with Crippen molar-refractivity contribution in [1.82, 2.24) is 33.9 Å². The van der Waals surface area contributed by atoms with Crippen molar-refractivity contribution >= 4 is 11.6 Å². The van der Waals surface area contributed by atoms with Crippen LogP contribution < -0.4 is 11.0 Å². The number of aryl methyl sites for hydroxylation is 1. The normalized spacial score (nSPS) is 16.9. The number of carbonyl (C=O) groups is 1. The van der Waals surface area contributed by atoms with Crippen LogP contribution in [0.4, 0.5) is 0 Å². The van der Waals surface area contributed by atoms with Gasteiger partial charge in [0.1, 0.15) is 11.5 Å². The second kappa shape index (κ2) is 7.59. The summed E-state index contributed by atoms with van der Waals surface area (Å²) in [5.41, 5.74) is 1.14. The number of hydrogen-bond donors (Lipinski definition) is 1. The maximum Gasteiger partial charge on any atom is 0.345 e. The average molecular weight is 383 g/mol. The van der Waals surface area contributed by atoms with Gasteiger partial charge in [0, 0.05) is 44.1 Å². The van der Waals surface area contributed by atoms with Crippen molar-refractivity contribution in [2.45, 2.75) is 38.4 Å². The average Bonchev–Trinajstić information content (AvgIpc) is 3.21. The molecule has 4 heterocycles. The second-order valence-electron chi connectivity index (χ2n) is 7.45. The van der Waals surface area contributed by atoms with E-state index in [1.807, 2.05) is 41.9 Å². The lowest BCUT2D eigenvalue weighted by Gasteiger charge is -2.16. The highest BCUT2D eigenvalue weighted by Crippen LogP contribution is 2.14. The molecule has 148 valence electrons. The molecule has 0 aliphatic carbocycles. The molecule has 1 aliphatic rings. The van der Waals surface area contributed by atoms with E-state index in [0.717, 1.165) is 18.8 Å². The first-order chi connectivity index (χ1) is 13.5. The Morgan fingerprint density at radius 2 is 2.18 bits per heavy atom. The first kappa shape index (κ1) is 18.4. The van der Waals surface area contributed by atoms with E-state index in [1.165, 1.54) is 0 Å². The van der Waals surface area contributed by atoms with Gasteiger partial charge in [-0.15, -0.1) is 0 Å². The molecule has 0 saturated carbocycles. The zero-order chi connectivity index (χ0) is 19.7. The number of aromatic nitrogens is 5. The summed E-state index contributed by atoms with van der Waals surface area (Å²) >= 11 is 0. The number of nitrogens with one attached hydrogen (secondary N) is 1. The van der Waals surface area contributed by atoms with Crippen molar-refractivity contribution in [3.8, 4) is 0 Å². The van der Waals surface area contributed by atoms with Crippen LogP contribution in [-0.4, -0.2) is 61.2 Å². The van der Waals surface area contributed by atoms with Crippen LogP contribution in [-0.2, 0) is 19.5 Å². The summed E-state index contributed by atoms with van der Waals surface area (Å²) in [6.45, 7) is 1.92. The minimum Gasteiger partial charge on any atom is -0.349 e. The maximum absolute atomic E-state index is 12.8. The highest BCUT2D eigenvalue weighted by molar-refractivity contribution is 5.99. The molecule has 3 aromatic rings. The molecular formula is C19H25N7O2. The van der Waals surface area contributed by atoms with Crippen LogP contribution in [0.25, 0.3) is 5.65 Å². The number of rotatable bonds is 5. The number of fused-ring (bicyclic) bond motifs is 2. The zero-order valence-electron chi connectivity index (χ0n) is 16.2. The molecule has 0 aromatic carbocycles. The number of hydrogen-bond acceptors (Lipinski definition) is 5. The van der Waals surface area contributed by atoms with Crippen molar-refractivity contribution in [1.29, 1.82) is 0 Å². The molecule has 1 atom stereocenters. The molecule has 0 bridgehead atoms. The van der Waals surface area contributed by atoms with Gasteiger partial charge >= 0.3 is 5.69 Å². The molecule has 1 unspecified atom stereocenters. The van der Waals surface area contributed by atoms with E-state index in [1.54, 1.807) is 21.5 Å². The monoisotopic (exact) mass is 383 g/mol. The largest absolute Gasteiger partial charge is 0.349 e. The summed E-state index contributed by atoms with van der Waals surface area (Å²) in [4.78, 5) is 31.7. The molecule has 0 radical (unpaired) electrons. The Hall–Kier alpha value is -2.94. The molecule has 3 aromatic heterocycles. The molecular weight excluding hydrogens is 358 g/mol. The van der Waals surface area contributed by atoms with Gasteiger partial charge in [0.05, 0.1) is 12.1 Å². The smallest absolute Gasteiger partial charge is 0.345 e. The Morgan fingerprint density at radius 3 is 3.00 bits per heavy atom. The van der Waals surface area contributed by atoms with Crippen molar-refractivity contribution in [2.24, 2.45) is 0 Å². The number of likely N-dealkylation sites (N-methyl/N-ethyl adjacent to an activating group) is 1. The third kappa shape index (κ3) is 3.57. The Bertz CT molecular complexity index is 1050. The summed E-state index contributed by atoms with van der Waals surface area (Å²) < 4.78 is 5.12. The van der Waals surface area contributed by atoms with Crippen LogP contribution in [0.15, 0.2) is 35.5 Å². The van der Waals surface area contributed by atoms with Gasteiger partial charge in [-0.2, -0.15) is 5.10 Å². The predicted octanol–water partition coefficient (Wildman–Crippen LogP) is 0.389. The van der Waals surface area contributed by atoms with Gasteiger partial charge in [0.2, 0.25) is 0 Å². The van der Waals surface area contributed by atoms with Crippen LogP contribution in [0.3, 0.4) is 0 Å². The molecule has 9 nitrogen and oxygen atoms in total. The molecule has 1 N–H and O–H groups in total. The van der Waals surface area contributed by atoms with E-state index in [9.17, 15) is 9.59 Å². The standard InChI is InChI=1S/C19H25N7O2/c1-23(2)12-13-26-19(28)25-10-7-14(5-6-16(25)22-26)21-18(27)15-4-3-9-24-11-8-20-17(15)24/h3-4,8-9,11,14H,5-7,10,12-13H2,1-2H3,(H,21,27). The molecule has 1 amide bonds. The van der Waals surface area contributed by atoms with E-state index in [4.69, 9.17) is 0 Å². The van der Waals surface area contributed by atoms with Crippen molar-refractivity contribution in [3.05, 3.63) is 52.6 Å². The quantitative estimate of drug-likeness (QED) is 0.688. The lowest BCUT2D eigenvalue weighted by Crippen LogP contribution is -2.36. The Morgan fingerprint density at radius 1 is 1.32 bits per heavy atom. The van der Waals surface area contributed by atoms with Gasteiger partial charge in [-0.1, -0.05) is 0 Å². The van der Waals surface area contributed by atoms with Crippen LogP contribution in [0.1, 0.15) is 29.0 Å². The van der Waals surface area contributed by atoms with Crippen molar-refractivity contribution in [3.63, 3.8) is 0 Å². The van der Waals surface area contributed by atoms with Crippen LogP contribution in [0.2, 0.25) is 0 Å².